The number of benzene rings is 2. The van der Waals surface area contributed by atoms with E-state index in [1.54, 1.807) is 4.57 Å². The van der Waals surface area contributed by atoms with Gasteiger partial charge in [-0.2, -0.15) is 0 Å². The van der Waals surface area contributed by atoms with E-state index in [2.05, 4.69) is 45.0 Å². The van der Waals surface area contributed by atoms with Gasteiger partial charge in [0, 0.05) is 6.61 Å². The van der Waals surface area contributed by atoms with Gasteiger partial charge >= 0.3 is 74.6 Å². The molecule has 0 aliphatic heterocycles. The molecule has 0 spiro atoms. The number of nitrogens with zero attached hydrogens (tertiary/aromatic N) is 2. The third-order valence-corrected chi connectivity index (χ3v) is 3.86. The van der Waals surface area contributed by atoms with Crippen molar-refractivity contribution in [3.63, 3.8) is 0 Å². The molecule has 5 nitrogen and oxygen atoms in total. The molecule has 0 aliphatic carbocycles. The van der Waals surface area contributed by atoms with Gasteiger partial charge in [0.05, 0.1) is 18.7 Å². The number of aryl methyl sites for hydroxylation is 1. The maximum Gasteiger partial charge on any atom is 1.00 e. The van der Waals surface area contributed by atoms with Gasteiger partial charge in [0.2, 0.25) is 0 Å². The van der Waals surface area contributed by atoms with Gasteiger partial charge < -0.3 is 16.1 Å². The molecule has 0 N–H and O–H groups in total. The normalized spacial score (nSPS) is 9.81. The molecular formula is C21H23CsN2O3. The van der Waals surface area contributed by atoms with E-state index in [1.807, 2.05) is 18.2 Å². The minimum absolute atomic E-state index is 0. The summed E-state index contributed by atoms with van der Waals surface area (Å²) < 4.78 is 12.4. The van der Waals surface area contributed by atoms with Crippen LogP contribution in [0.5, 0.6) is 0 Å². The van der Waals surface area contributed by atoms with E-state index in [4.69, 9.17) is 14.4 Å². The van der Waals surface area contributed by atoms with Crippen LogP contribution in [0.2, 0.25) is 0 Å². The zero-order valence-electron chi connectivity index (χ0n) is 16.2. The van der Waals surface area contributed by atoms with Crippen molar-refractivity contribution in [2.75, 3.05) is 13.2 Å². The van der Waals surface area contributed by atoms with E-state index in [-0.39, 0.29) is 74.6 Å². The number of rotatable bonds is 6. The van der Waals surface area contributed by atoms with Crippen LogP contribution in [0, 0.1) is 25.2 Å². The Kier molecular flexibility index (Phi) is 11.2. The summed E-state index contributed by atoms with van der Waals surface area (Å²) in [7, 11) is 0. The van der Waals surface area contributed by atoms with E-state index >= 15 is 0 Å². The molecule has 27 heavy (non-hydrogen) atoms. The summed E-state index contributed by atoms with van der Waals surface area (Å²) in [5.74, 6) is -0.332. The summed E-state index contributed by atoms with van der Waals surface area (Å²) in [4.78, 5) is 12.0. The van der Waals surface area contributed by atoms with Crippen LogP contribution in [0.25, 0.3) is 22.2 Å². The Bertz CT molecular complexity index is 937. The fourth-order valence-corrected chi connectivity index (χ4v) is 2.60. The molecule has 3 rings (SSSR count). The van der Waals surface area contributed by atoms with Crippen molar-refractivity contribution in [1.82, 2.24) is 4.57 Å². The summed E-state index contributed by atoms with van der Waals surface area (Å²) in [6.07, 6.45) is 0.971. The fraction of sp³-hybridized carbons (Fsp3) is 0.286. The second-order valence-corrected chi connectivity index (χ2v) is 5.84. The van der Waals surface area contributed by atoms with Crippen LogP contribution < -0.4 is 74.6 Å². The first-order chi connectivity index (χ1) is 12.6. The van der Waals surface area contributed by atoms with Crippen molar-refractivity contribution < 1.29 is 78.0 Å². The Morgan fingerprint density at radius 3 is 2.41 bits per heavy atom. The Labute approximate surface area is 218 Å². The molecule has 3 aromatic rings. The number of oxazole rings is 1. The molecule has 1 heterocycles. The molecule has 1 aromatic heterocycles. The molecular weight excluding hydrogens is 461 g/mol. The molecule has 0 amide bonds. The van der Waals surface area contributed by atoms with Crippen LogP contribution in [-0.2, 0) is 11.3 Å². The van der Waals surface area contributed by atoms with E-state index < -0.39 is 0 Å². The minimum Gasteiger partial charge on any atom is -0.408 e. The third kappa shape index (κ3) is 6.88. The van der Waals surface area contributed by atoms with Crippen molar-refractivity contribution in [3.05, 3.63) is 65.5 Å². The number of hydrogen-bond donors (Lipinski definition) is 0. The van der Waals surface area contributed by atoms with Gasteiger partial charge in [-0.25, -0.2) is 10.1 Å². The van der Waals surface area contributed by atoms with E-state index in [0.29, 0.717) is 25.3 Å². The molecule has 0 atom stereocenters. The van der Waals surface area contributed by atoms with Gasteiger partial charge in [0.1, 0.15) is 0 Å². The fourth-order valence-electron chi connectivity index (χ4n) is 2.60. The molecule has 0 aliphatic rings. The second kappa shape index (κ2) is 12.5. The Morgan fingerprint density at radius 1 is 1.15 bits per heavy atom. The van der Waals surface area contributed by atoms with Crippen LogP contribution in [0.15, 0.2) is 51.7 Å². The predicted octanol–water partition coefficient (Wildman–Crippen LogP) is 1.34. The maximum atomic E-state index is 12.0. The quantitative estimate of drug-likeness (QED) is 0.392. The van der Waals surface area contributed by atoms with Crippen molar-refractivity contribution in [2.24, 2.45) is 0 Å². The number of ether oxygens (including phenoxy) is 1. The zero-order valence-corrected chi connectivity index (χ0v) is 22.5. The van der Waals surface area contributed by atoms with E-state index in [9.17, 15) is 4.79 Å². The standard InChI is InChI=1S/C19H21NO3.C2H2N.Cs/c1-3-11-22-12-10-20-17-13-16(8-9-18(17)23-19(20)21)15-6-4-14(2)5-7-15;1-2-3;/h4-9,13H,3,10-12H2,1-2H3;1H2;/q;-1;+1. The number of hydrogen-bond acceptors (Lipinski definition) is 4. The average Bonchev–Trinajstić information content (AvgIpc) is 2.95. The average molecular weight is 484 g/mol. The molecule has 0 fully saturated rings. The van der Waals surface area contributed by atoms with Crippen LogP contribution >= 0.6 is 0 Å². The largest absolute Gasteiger partial charge is 1.00 e. The summed E-state index contributed by atoms with van der Waals surface area (Å²) in [6, 6.07) is 15.7. The molecule has 6 heteroatoms. The van der Waals surface area contributed by atoms with Gasteiger partial charge in [-0.05, 0) is 36.6 Å². The first-order valence-corrected chi connectivity index (χ1v) is 8.55. The Balaban J connectivity index is 0.000000855. The Hall–Kier alpha value is -0.918. The monoisotopic (exact) mass is 484 g/mol. The molecule has 2 aromatic carbocycles. The van der Waals surface area contributed by atoms with Crippen molar-refractivity contribution in [2.45, 2.75) is 26.8 Å². The van der Waals surface area contributed by atoms with Crippen molar-refractivity contribution in [1.29, 1.82) is 5.26 Å². The van der Waals surface area contributed by atoms with Gasteiger partial charge in [-0.3, -0.25) is 4.57 Å². The molecule has 0 saturated carbocycles. The van der Waals surface area contributed by atoms with Crippen LogP contribution in [0.4, 0.5) is 0 Å². The molecule has 136 valence electrons. The van der Waals surface area contributed by atoms with Gasteiger partial charge in [0.25, 0.3) is 0 Å². The van der Waals surface area contributed by atoms with Crippen LogP contribution in [0.1, 0.15) is 18.9 Å². The van der Waals surface area contributed by atoms with Crippen molar-refractivity contribution in [3.8, 4) is 17.2 Å². The van der Waals surface area contributed by atoms with Crippen LogP contribution in [-0.4, -0.2) is 17.8 Å². The Morgan fingerprint density at radius 2 is 1.78 bits per heavy atom. The molecule has 0 radical (unpaired) electrons. The number of aromatic nitrogens is 1. The summed E-state index contributed by atoms with van der Waals surface area (Å²) >= 11 is 0. The van der Waals surface area contributed by atoms with Gasteiger partial charge in [0.15, 0.2) is 5.58 Å². The predicted molar refractivity (Wildman–Crippen MR) is 103 cm³/mol. The minimum atomic E-state index is -0.332. The summed E-state index contributed by atoms with van der Waals surface area (Å²) in [5, 5.41) is 7.21. The first-order valence-electron chi connectivity index (χ1n) is 8.55. The summed E-state index contributed by atoms with van der Waals surface area (Å²) in [6.45, 7) is 8.64. The van der Waals surface area contributed by atoms with Gasteiger partial charge in [-0.1, -0.05) is 42.8 Å². The second-order valence-electron chi connectivity index (χ2n) is 5.84. The topological polar surface area (TPSA) is 68.2 Å². The zero-order chi connectivity index (χ0) is 18.9. The van der Waals surface area contributed by atoms with Crippen molar-refractivity contribution >= 4 is 11.1 Å². The SMILES string of the molecule is CCCOCCn1c(=O)oc2ccc(-c3ccc(C)cc3)cc21.[CH2-]C#N.[Cs+]. The number of nitriles is 1. The van der Waals surface area contributed by atoms with E-state index in [0.717, 1.165) is 23.1 Å². The van der Waals surface area contributed by atoms with E-state index in [1.165, 1.54) is 11.6 Å². The first kappa shape index (κ1) is 24.1. The van der Waals surface area contributed by atoms with Gasteiger partial charge in [-0.15, -0.1) is 6.07 Å². The molecule has 0 unspecified atom stereocenters. The summed E-state index contributed by atoms with van der Waals surface area (Å²) in [5.41, 5.74) is 4.85. The van der Waals surface area contributed by atoms with Crippen LogP contribution in [0.3, 0.4) is 0 Å². The maximum absolute atomic E-state index is 12.0. The number of fused-ring (bicyclic) bond motifs is 1. The molecule has 0 bridgehead atoms. The third-order valence-electron chi connectivity index (χ3n) is 3.86. The smallest absolute Gasteiger partial charge is 0.408 e. The molecule has 0 saturated heterocycles.